The molecule has 2 heterocycles. The maximum Gasteiger partial charge on any atom is 0.0629 e. The predicted octanol–water partition coefficient (Wildman–Crippen LogP) is 12.9. The van der Waals surface area contributed by atoms with E-state index < -0.39 is 6.04 Å². The third kappa shape index (κ3) is 4.57. The topological polar surface area (TPSA) is 9.86 Å². The van der Waals surface area contributed by atoms with E-state index in [1.165, 1.54) is 21.9 Å². The van der Waals surface area contributed by atoms with Gasteiger partial charge < -0.3 is 9.13 Å². The predicted molar refractivity (Wildman–Crippen MR) is 211 cm³/mol. The first-order valence-corrected chi connectivity index (χ1v) is 16.8. The van der Waals surface area contributed by atoms with E-state index in [1.807, 2.05) is 36.4 Å². The number of hydrogen-bond donors (Lipinski definition) is 0. The van der Waals surface area contributed by atoms with Crippen LogP contribution in [0.25, 0.3) is 88.4 Å². The Balaban J connectivity index is 1.15. The van der Waals surface area contributed by atoms with Crippen LogP contribution >= 0.6 is 0 Å². The lowest BCUT2D eigenvalue weighted by Gasteiger charge is -2.12. The van der Waals surface area contributed by atoms with Crippen LogP contribution in [0.1, 0.15) is 6.85 Å². The summed E-state index contributed by atoms with van der Waals surface area (Å²) in [5, 5.41) is 4.61. The summed E-state index contributed by atoms with van der Waals surface area (Å²) >= 11 is 0. The minimum atomic E-state index is -0.395. The van der Waals surface area contributed by atoms with E-state index in [0.717, 1.165) is 55.3 Å². The highest BCUT2D eigenvalue weighted by molar-refractivity contribution is 6.19. The Hall–Kier alpha value is -6.64. The molecular formula is C48H32N2. The van der Waals surface area contributed by atoms with E-state index in [9.17, 15) is 0 Å². The van der Waals surface area contributed by atoms with Crippen LogP contribution in [0.3, 0.4) is 0 Å². The van der Waals surface area contributed by atoms with Crippen molar-refractivity contribution >= 4 is 43.6 Å². The highest BCUT2D eigenvalue weighted by atomic mass is 15.0. The lowest BCUT2D eigenvalue weighted by Crippen LogP contribution is -1.96. The van der Waals surface area contributed by atoms with Gasteiger partial charge in [-0.15, -0.1) is 0 Å². The minimum Gasteiger partial charge on any atom is -0.309 e. The van der Waals surface area contributed by atoms with Gasteiger partial charge in [-0.05, 0) is 81.9 Å². The highest BCUT2D eigenvalue weighted by Crippen LogP contribution is 2.40. The monoisotopic (exact) mass is 641 g/mol. The zero-order chi connectivity index (χ0) is 37.4. The van der Waals surface area contributed by atoms with Crippen molar-refractivity contribution in [2.45, 2.75) is 0 Å². The molecule has 0 saturated heterocycles. The van der Waals surface area contributed by atoms with Crippen LogP contribution in [0, 0.1) is 0 Å². The van der Waals surface area contributed by atoms with E-state index >= 15 is 0 Å². The molecule has 10 aromatic rings. The molecule has 234 valence electrons. The van der Waals surface area contributed by atoms with Crippen LogP contribution < -0.4 is 0 Å². The molecule has 2 aromatic heterocycles. The average molecular weight is 642 g/mol. The van der Waals surface area contributed by atoms with Crippen molar-refractivity contribution in [3.05, 3.63) is 194 Å². The first-order chi connectivity index (χ1) is 26.9. The molecule has 0 radical (unpaired) electrons. The molecule has 0 aliphatic rings. The van der Waals surface area contributed by atoms with E-state index in [2.05, 4.69) is 137 Å². The summed E-state index contributed by atoms with van der Waals surface area (Å²) in [5.41, 5.74) is 11.7. The fourth-order valence-corrected chi connectivity index (χ4v) is 7.47. The van der Waals surface area contributed by atoms with Gasteiger partial charge in [0.15, 0.2) is 0 Å². The Morgan fingerprint density at radius 3 is 1.46 bits per heavy atom. The van der Waals surface area contributed by atoms with Gasteiger partial charge in [0.1, 0.15) is 0 Å². The molecule has 0 aliphatic heterocycles. The number of nitrogens with zero attached hydrogens (tertiary/aromatic N) is 2. The third-order valence-electron chi connectivity index (χ3n) is 9.81. The Kier molecular flexibility index (Phi) is 5.44. The van der Waals surface area contributed by atoms with Gasteiger partial charge in [0.25, 0.3) is 0 Å². The summed E-state index contributed by atoms with van der Waals surface area (Å²) < 4.78 is 46.0. The molecule has 8 aromatic carbocycles. The molecule has 0 bridgehead atoms. The maximum absolute atomic E-state index is 8.52. The number of aromatic nitrogens is 2. The molecule has 0 atom stereocenters. The van der Waals surface area contributed by atoms with Gasteiger partial charge in [-0.1, -0.05) is 145 Å². The van der Waals surface area contributed by atoms with Gasteiger partial charge in [0, 0.05) is 32.9 Å². The second-order valence-corrected chi connectivity index (χ2v) is 12.6. The van der Waals surface area contributed by atoms with Crippen LogP contribution in [0.4, 0.5) is 0 Å². The lowest BCUT2D eigenvalue weighted by molar-refractivity contribution is 1.16. The van der Waals surface area contributed by atoms with Gasteiger partial charge in [-0.3, -0.25) is 0 Å². The van der Waals surface area contributed by atoms with Gasteiger partial charge >= 0.3 is 0 Å². The molecule has 50 heavy (non-hydrogen) atoms. The van der Waals surface area contributed by atoms with Gasteiger partial charge in [-0.2, -0.15) is 0 Å². The van der Waals surface area contributed by atoms with Crippen molar-refractivity contribution in [2.75, 3.05) is 0 Å². The second kappa shape index (κ2) is 11.5. The van der Waals surface area contributed by atoms with Crippen LogP contribution in [-0.4, -0.2) is 9.13 Å². The van der Waals surface area contributed by atoms with Crippen LogP contribution in [0.2, 0.25) is 0 Å². The number of fused-ring (bicyclic) bond motifs is 6. The van der Waals surface area contributed by atoms with E-state index in [1.54, 1.807) is 0 Å². The van der Waals surface area contributed by atoms with Crippen molar-refractivity contribution in [1.29, 1.82) is 0 Å². The maximum atomic E-state index is 8.52. The van der Waals surface area contributed by atoms with Gasteiger partial charge in [0.05, 0.1) is 28.9 Å². The Bertz CT molecular complexity index is 3100. The molecule has 0 unspecified atom stereocenters. The molecule has 10 rings (SSSR count). The second-order valence-electron chi connectivity index (χ2n) is 12.6. The zero-order valence-electron chi connectivity index (χ0n) is 32.0. The van der Waals surface area contributed by atoms with Gasteiger partial charge in [-0.25, -0.2) is 0 Å². The van der Waals surface area contributed by atoms with E-state index in [4.69, 9.17) is 6.85 Å². The molecule has 2 nitrogen and oxygen atoms in total. The van der Waals surface area contributed by atoms with Gasteiger partial charge in [0.2, 0.25) is 0 Å². The Morgan fingerprint density at radius 2 is 0.800 bits per heavy atom. The SMILES string of the molecule is [2H]c1c([2H])c([2H])c(-c2ccc(-n3c4ccccc4c4cc5c6ccccc6n(-c6cccc(-c7ccc(-c8ccccc8)cc7)c6)c5cc43)cc2)c([2H])c1[2H]. The minimum absolute atomic E-state index is 0.195. The highest BCUT2D eigenvalue weighted by Gasteiger charge is 2.18. The largest absolute Gasteiger partial charge is 0.309 e. The number of benzene rings is 8. The molecule has 2 heteroatoms. The van der Waals surface area contributed by atoms with Crippen molar-refractivity contribution in [3.8, 4) is 44.8 Å². The summed E-state index contributed by atoms with van der Waals surface area (Å²) in [7, 11) is 0. The molecule has 0 aliphatic carbocycles. The average Bonchev–Trinajstić information content (AvgIpc) is 3.74. The third-order valence-corrected chi connectivity index (χ3v) is 9.81. The smallest absolute Gasteiger partial charge is 0.0629 e. The Morgan fingerprint density at radius 1 is 0.300 bits per heavy atom. The normalized spacial score (nSPS) is 13.0. The Labute approximate surface area is 297 Å². The number of para-hydroxylation sites is 2. The summed E-state index contributed by atoms with van der Waals surface area (Å²) in [6.45, 7) is 0. The first-order valence-electron chi connectivity index (χ1n) is 19.3. The zero-order valence-corrected chi connectivity index (χ0v) is 27.0. The molecule has 0 saturated carbocycles. The quantitative estimate of drug-likeness (QED) is 0.177. The molecule has 0 spiro atoms. The molecular weight excluding hydrogens is 605 g/mol. The van der Waals surface area contributed by atoms with Crippen molar-refractivity contribution < 1.29 is 6.85 Å². The summed E-state index contributed by atoms with van der Waals surface area (Å²) in [5.74, 6) is 0. The fraction of sp³-hybridized carbons (Fsp3) is 0. The van der Waals surface area contributed by atoms with Crippen molar-refractivity contribution in [2.24, 2.45) is 0 Å². The van der Waals surface area contributed by atoms with Crippen LogP contribution in [0.15, 0.2) is 194 Å². The molecule has 0 N–H and O–H groups in total. The fourth-order valence-electron chi connectivity index (χ4n) is 7.47. The molecule has 0 amide bonds. The lowest BCUT2D eigenvalue weighted by atomic mass is 10.00. The molecule has 0 fully saturated rings. The number of rotatable bonds is 5. The standard InChI is InChI=1S/C48H32N2/c1-3-12-33(13-4-1)35-22-24-37(25-23-35)38-16-11-17-40(30-38)50-46-21-10-8-19-42(46)44-31-43-41-18-7-9-20-45(41)49(47(43)32-48(44)50)39-28-26-36(27-29-39)34-14-5-2-6-15-34/h1-32H/i2D,5D,6D,14D,15D. The number of hydrogen-bond acceptors (Lipinski definition) is 0. The van der Waals surface area contributed by atoms with Crippen molar-refractivity contribution in [1.82, 2.24) is 9.13 Å². The summed E-state index contributed by atoms with van der Waals surface area (Å²) in [6.07, 6.45) is 0. The van der Waals surface area contributed by atoms with E-state index in [-0.39, 0.29) is 29.7 Å². The summed E-state index contributed by atoms with van der Waals surface area (Å²) in [6, 6.07) is 55.6. The van der Waals surface area contributed by atoms with Crippen LogP contribution in [-0.2, 0) is 0 Å². The van der Waals surface area contributed by atoms with Crippen LogP contribution in [0.5, 0.6) is 0 Å². The van der Waals surface area contributed by atoms with Crippen molar-refractivity contribution in [3.63, 3.8) is 0 Å². The van der Waals surface area contributed by atoms with E-state index in [0.29, 0.717) is 5.56 Å². The summed E-state index contributed by atoms with van der Waals surface area (Å²) in [4.78, 5) is 0. The first kappa shape index (κ1) is 23.6.